The van der Waals surface area contributed by atoms with Crippen molar-refractivity contribution < 1.29 is 14.3 Å². The molecule has 0 bridgehead atoms. The molecule has 0 heterocycles. The summed E-state index contributed by atoms with van der Waals surface area (Å²) in [6.07, 6.45) is 0.682. The monoisotopic (exact) mass is 317 g/mol. The fraction of sp³-hybridized carbons (Fsp3) is 0.462. The Hall–Kier alpha value is -0.940. The molecule has 1 atom stereocenters. The van der Waals surface area contributed by atoms with Gasteiger partial charge in [-0.2, -0.15) is 0 Å². The lowest BCUT2D eigenvalue weighted by atomic mass is 10.0. The van der Waals surface area contributed by atoms with Gasteiger partial charge in [-0.05, 0) is 46.5 Å². The highest BCUT2D eigenvalue weighted by atomic mass is 79.9. The summed E-state index contributed by atoms with van der Waals surface area (Å²) in [6, 6.07) is 3.89. The molecule has 0 saturated heterocycles. The Balaban J connectivity index is 2.71. The van der Waals surface area contributed by atoms with Crippen LogP contribution in [-0.2, 0) is 0 Å². The first-order valence-electron chi connectivity index (χ1n) is 5.80. The van der Waals surface area contributed by atoms with Crippen LogP contribution < -0.4 is 5.32 Å². The zero-order valence-electron chi connectivity index (χ0n) is 10.4. The molecule has 0 aliphatic rings. The summed E-state index contributed by atoms with van der Waals surface area (Å²) >= 11 is 3.03. The van der Waals surface area contributed by atoms with Gasteiger partial charge in [-0.25, -0.2) is 4.39 Å². The van der Waals surface area contributed by atoms with Crippen LogP contribution in [0.5, 0.6) is 0 Å². The molecule has 0 saturated carbocycles. The summed E-state index contributed by atoms with van der Waals surface area (Å²) < 4.78 is 13.6. The van der Waals surface area contributed by atoms with Crippen molar-refractivity contribution in [2.45, 2.75) is 26.3 Å². The van der Waals surface area contributed by atoms with E-state index in [1.54, 1.807) is 0 Å². The lowest BCUT2D eigenvalue weighted by molar-refractivity contribution is 0.0908. The van der Waals surface area contributed by atoms with E-state index in [0.29, 0.717) is 16.8 Å². The third-order valence-electron chi connectivity index (χ3n) is 2.49. The number of rotatable bonds is 5. The maximum absolute atomic E-state index is 13.3. The first kappa shape index (κ1) is 15.1. The zero-order chi connectivity index (χ0) is 13.7. The Labute approximate surface area is 115 Å². The van der Waals surface area contributed by atoms with Crippen molar-refractivity contribution in [3.05, 3.63) is 34.1 Å². The summed E-state index contributed by atoms with van der Waals surface area (Å²) in [6.45, 7) is 3.89. The lowest BCUT2D eigenvalue weighted by Crippen LogP contribution is -2.38. The van der Waals surface area contributed by atoms with Crippen LogP contribution in [-0.4, -0.2) is 23.7 Å². The van der Waals surface area contributed by atoms with Gasteiger partial charge in [0.2, 0.25) is 0 Å². The smallest absolute Gasteiger partial charge is 0.251 e. The third kappa shape index (κ3) is 4.38. The van der Waals surface area contributed by atoms with Crippen LogP contribution in [0.15, 0.2) is 22.7 Å². The molecule has 18 heavy (non-hydrogen) atoms. The molecule has 0 radical (unpaired) electrons. The molecule has 1 unspecified atom stereocenters. The van der Waals surface area contributed by atoms with Gasteiger partial charge in [-0.15, -0.1) is 0 Å². The predicted octanol–water partition coefficient (Wildman–Crippen LogP) is 2.73. The molecule has 100 valence electrons. The van der Waals surface area contributed by atoms with Crippen LogP contribution >= 0.6 is 15.9 Å². The van der Waals surface area contributed by atoms with E-state index in [0.717, 1.165) is 0 Å². The Morgan fingerprint density at radius 2 is 2.17 bits per heavy atom. The molecular formula is C13H17BrFNO2. The number of aliphatic hydroxyl groups excluding tert-OH is 1. The van der Waals surface area contributed by atoms with E-state index in [9.17, 15) is 14.3 Å². The van der Waals surface area contributed by atoms with Crippen molar-refractivity contribution in [3.63, 3.8) is 0 Å². The number of aliphatic hydroxyl groups is 1. The summed E-state index contributed by atoms with van der Waals surface area (Å²) in [5, 5.41) is 11.9. The average molecular weight is 318 g/mol. The first-order valence-corrected chi connectivity index (χ1v) is 6.60. The second-order valence-electron chi connectivity index (χ2n) is 4.61. The van der Waals surface area contributed by atoms with Crippen LogP contribution in [0.2, 0.25) is 0 Å². The van der Waals surface area contributed by atoms with Crippen LogP contribution in [0, 0.1) is 11.7 Å². The van der Waals surface area contributed by atoms with Gasteiger partial charge in [-0.3, -0.25) is 4.79 Å². The number of amides is 1. The molecule has 1 amide bonds. The van der Waals surface area contributed by atoms with Crippen molar-refractivity contribution in [2.75, 3.05) is 6.61 Å². The van der Waals surface area contributed by atoms with Gasteiger partial charge in [0.25, 0.3) is 5.91 Å². The molecule has 2 N–H and O–H groups in total. The maximum Gasteiger partial charge on any atom is 0.251 e. The van der Waals surface area contributed by atoms with E-state index < -0.39 is 5.82 Å². The van der Waals surface area contributed by atoms with Crippen molar-refractivity contribution in [1.29, 1.82) is 0 Å². The van der Waals surface area contributed by atoms with E-state index in [-0.39, 0.29) is 24.1 Å². The SMILES string of the molecule is CC(C)CC(CO)NC(=O)c1ccc(Br)c(F)c1. The standard InChI is InChI=1S/C13H17BrFNO2/c1-8(2)5-10(7-17)16-13(18)9-3-4-11(14)12(15)6-9/h3-4,6,8,10,17H,5,7H2,1-2H3,(H,16,18). The molecule has 1 rings (SSSR count). The van der Waals surface area contributed by atoms with E-state index in [1.165, 1.54) is 18.2 Å². The van der Waals surface area contributed by atoms with Crippen molar-refractivity contribution in [2.24, 2.45) is 5.92 Å². The quantitative estimate of drug-likeness (QED) is 0.877. The molecule has 0 aromatic heterocycles. The zero-order valence-corrected chi connectivity index (χ0v) is 12.0. The Morgan fingerprint density at radius 1 is 1.50 bits per heavy atom. The van der Waals surface area contributed by atoms with Crippen LogP contribution in [0.1, 0.15) is 30.6 Å². The molecular weight excluding hydrogens is 301 g/mol. The Bertz CT molecular complexity index is 423. The lowest BCUT2D eigenvalue weighted by Gasteiger charge is -2.18. The minimum absolute atomic E-state index is 0.122. The third-order valence-corrected chi connectivity index (χ3v) is 3.14. The van der Waals surface area contributed by atoms with Crippen molar-refractivity contribution in [1.82, 2.24) is 5.32 Å². The van der Waals surface area contributed by atoms with E-state index in [1.807, 2.05) is 13.8 Å². The fourth-order valence-electron chi connectivity index (χ4n) is 1.65. The molecule has 3 nitrogen and oxygen atoms in total. The number of nitrogens with one attached hydrogen (secondary N) is 1. The van der Waals surface area contributed by atoms with Crippen molar-refractivity contribution >= 4 is 21.8 Å². The predicted molar refractivity (Wildman–Crippen MR) is 71.9 cm³/mol. The summed E-state index contributed by atoms with van der Waals surface area (Å²) in [5.74, 6) is -0.489. The largest absolute Gasteiger partial charge is 0.394 e. The topological polar surface area (TPSA) is 49.3 Å². The molecule has 5 heteroatoms. The Kier molecular flexibility index (Phi) is 5.75. The van der Waals surface area contributed by atoms with Crippen LogP contribution in [0.3, 0.4) is 0 Å². The Morgan fingerprint density at radius 3 is 2.67 bits per heavy atom. The number of carbonyl (C=O) groups excluding carboxylic acids is 1. The fourth-order valence-corrected chi connectivity index (χ4v) is 1.90. The second kappa shape index (κ2) is 6.85. The maximum atomic E-state index is 13.3. The van der Waals surface area contributed by atoms with Gasteiger partial charge in [0, 0.05) is 5.56 Å². The van der Waals surface area contributed by atoms with Crippen LogP contribution in [0.25, 0.3) is 0 Å². The highest BCUT2D eigenvalue weighted by molar-refractivity contribution is 9.10. The van der Waals surface area contributed by atoms with Gasteiger partial charge in [0.15, 0.2) is 0 Å². The van der Waals surface area contributed by atoms with Gasteiger partial charge in [-0.1, -0.05) is 13.8 Å². The molecule has 1 aromatic carbocycles. The number of benzene rings is 1. The van der Waals surface area contributed by atoms with Gasteiger partial charge in [0.05, 0.1) is 17.1 Å². The van der Waals surface area contributed by atoms with E-state index >= 15 is 0 Å². The van der Waals surface area contributed by atoms with Gasteiger partial charge >= 0.3 is 0 Å². The van der Waals surface area contributed by atoms with Crippen molar-refractivity contribution in [3.8, 4) is 0 Å². The second-order valence-corrected chi connectivity index (χ2v) is 5.47. The molecule has 1 aromatic rings. The first-order chi connectivity index (χ1) is 8.43. The average Bonchev–Trinajstić information content (AvgIpc) is 2.31. The summed E-state index contributed by atoms with van der Waals surface area (Å²) in [5.41, 5.74) is 0.248. The highest BCUT2D eigenvalue weighted by Crippen LogP contribution is 2.16. The molecule has 0 spiro atoms. The number of halogens is 2. The number of hydrogen-bond acceptors (Lipinski definition) is 2. The minimum Gasteiger partial charge on any atom is -0.394 e. The summed E-state index contributed by atoms with van der Waals surface area (Å²) in [7, 11) is 0. The number of hydrogen-bond donors (Lipinski definition) is 2. The molecule has 0 aliphatic carbocycles. The minimum atomic E-state index is -0.480. The van der Waals surface area contributed by atoms with E-state index in [2.05, 4.69) is 21.2 Å². The van der Waals surface area contributed by atoms with Gasteiger partial charge in [0.1, 0.15) is 5.82 Å². The highest BCUT2D eigenvalue weighted by Gasteiger charge is 2.15. The number of carbonyl (C=O) groups is 1. The molecule has 0 aliphatic heterocycles. The van der Waals surface area contributed by atoms with E-state index in [4.69, 9.17) is 0 Å². The summed E-state index contributed by atoms with van der Waals surface area (Å²) in [4.78, 5) is 11.9. The van der Waals surface area contributed by atoms with Crippen LogP contribution in [0.4, 0.5) is 4.39 Å². The molecule has 0 fully saturated rings. The van der Waals surface area contributed by atoms with Gasteiger partial charge < -0.3 is 10.4 Å². The normalized spacial score (nSPS) is 12.6.